The first kappa shape index (κ1) is 24.3. The molecule has 1 unspecified atom stereocenters. The van der Waals surface area contributed by atoms with Gasteiger partial charge in [0.15, 0.2) is 5.60 Å². The maximum absolute atomic E-state index is 11.4. The highest BCUT2D eigenvalue weighted by Crippen LogP contribution is 2.28. The number of ether oxygens (including phenoxy) is 1. The number of benzene rings is 1. The molecule has 5 nitrogen and oxygen atoms in total. The molecule has 0 saturated heterocycles. The van der Waals surface area contributed by atoms with Gasteiger partial charge in [0.2, 0.25) is 0 Å². The van der Waals surface area contributed by atoms with E-state index in [0.29, 0.717) is 6.42 Å². The van der Waals surface area contributed by atoms with Gasteiger partial charge < -0.3 is 14.9 Å². The average Bonchev–Trinajstić information content (AvgIpc) is 2.75. The highest BCUT2D eigenvalue weighted by atomic mass is 16.5. The molecule has 0 aliphatic heterocycles. The van der Waals surface area contributed by atoms with Gasteiger partial charge in [0, 0.05) is 12.8 Å². The molecule has 0 saturated carbocycles. The van der Waals surface area contributed by atoms with E-state index < -0.39 is 17.5 Å². The minimum atomic E-state index is -1.21. The van der Waals surface area contributed by atoms with Crippen molar-refractivity contribution in [3.63, 3.8) is 0 Å². The average molecular weight is 425 g/mol. The Bertz CT molecular complexity index is 839. The van der Waals surface area contributed by atoms with Crippen molar-refractivity contribution < 1.29 is 24.5 Å². The molecule has 1 aliphatic rings. The third kappa shape index (κ3) is 8.33. The van der Waals surface area contributed by atoms with Crippen LogP contribution in [0.15, 0.2) is 42.5 Å². The monoisotopic (exact) mass is 424 g/mol. The molecule has 1 aliphatic carbocycles. The van der Waals surface area contributed by atoms with Crippen LogP contribution in [0, 0.1) is 11.8 Å². The summed E-state index contributed by atoms with van der Waals surface area (Å²) in [6.07, 6.45) is 18.7. The third-order valence-electron chi connectivity index (χ3n) is 5.19. The Morgan fingerprint density at radius 1 is 0.935 bits per heavy atom. The van der Waals surface area contributed by atoms with Crippen LogP contribution in [-0.4, -0.2) is 27.8 Å². The van der Waals surface area contributed by atoms with E-state index in [2.05, 4.69) is 18.8 Å². The van der Waals surface area contributed by atoms with Gasteiger partial charge in [0.05, 0.1) is 11.1 Å². The van der Waals surface area contributed by atoms with E-state index in [1.54, 1.807) is 0 Å². The Morgan fingerprint density at radius 3 is 2.10 bits per heavy atom. The fourth-order valence-corrected chi connectivity index (χ4v) is 3.47. The normalized spacial score (nSPS) is 17.1. The van der Waals surface area contributed by atoms with Crippen molar-refractivity contribution in [1.82, 2.24) is 0 Å². The van der Waals surface area contributed by atoms with E-state index in [-0.39, 0.29) is 16.9 Å². The van der Waals surface area contributed by atoms with Crippen LogP contribution in [-0.2, 0) is 0 Å². The fourth-order valence-electron chi connectivity index (χ4n) is 3.47. The second kappa shape index (κ2) is 12.6. The predicted molar refractivity (Wildman–Crippen MR) is 122 cm³/mol. The minimum absolute atomic E-state index is 0.132. The summed E-state index contributed by atoms with van der Waals surface area (Å²) in [6, 6.07) is 3.79. The SMILES string of the molecule is CCCCCCCCCCC#CC1(Oc2cc(C(=O)O)cc(C(=O)O)c2)C=CC=CC1. The smallest absolute Gasteiger partial charge is 0.335 e. The maximum Gasteiger partial charge on any atom is 0.335 e. The lowest BCUT2D eigenvalue weighted by molar-refractivity contribution is 0.0695. The van der Waals surface area contributed by atoms with E-state index in [1.165, 1.54) is 50.7 Å². The zero-order valence-corrected chi connectivity index (χ0v) is 18.2. The largest absolute Gasteiger partial charge is 0.478 e. The van der Waals surface area contributed by atoms with Crippen LogP contribution in [0.3, 0.4) is 0 Å². The molecular weight excluding hydrogens is 392 g/mol. The number of unbranched alkanes of at least 4 members (excludes halogenated alkanes) is 8. The molecule has 1 aromatic carbocycles. The van der Waals surface area contributed by atoms with Gasteiger partial charge in [-0.3, -0.25) is 0 Å². The predicted octanol–water partition coefficient (Wildman–Crippen LogP) is 6.25. The number of aromatic carboxylic acids is 2. The first-order chi connectivity index (χ1) is 15.0. The second-order valence-electron chi connectivity index (χ2n) is 7.87. The molecule has 1 atom stereocenters. The molecule has 0 heterocycles. The number of allylic oxidation sites excluding steroid dienone is 2. The number of hydrogen-bond acceptors (Lipinski definition) is 3. The Hall–Kier alpha value is -3.00. The number of carbonyl (C=O) groups is 2. The van der Waals surface area contributed by atoms with Crippen molar-refractivity contribution in [2.24, 2.45) is 0 Å². The quantitative estimate of drug-likeness (QED) is 0.306. The number of rotatable bonds is 12. The number of carboxylic acids is 2. The molecule has 2 N–H and O–H groups in total. The van der Waals surface area contributed by atoms with Crippen molar-refractivity contribution >= 4 is 11.9 Å². The number of hydrogen-bond donors (Lipinski definition) is 2. The summed E-state index contributed by atoms with van der Waals surface area (Å²) in [5.41, 5.74) is -1.19. The van der Waals surface area contributed by atoms with Gasteiger partial charge in [0.25, 0.3) is 0 Å². The van der Waals surface area contributed by atoms with Gasteiger partial charge >= 0.3 is 11.9 Å². The van der Waals surface area contributed by atoms with E-state index >= 15 is 0 Å². The Morgan fingerprint density at radius 2 is 1.55 bits per heavy atom. The van der Waals surface area contributed by atoms with Crippen LogP contribution in [0.4, 0.5) is 0 Å². The zero-order chi connectivity index (χ0) is 22.5. The molecule has 2 rings (SSSR count). The molecule has 1 aromatic rings. The van der Waals surface area contributed by atoms with Crippen LogP contribution >= 0.6 is 0 Å². The molecule has 0 aromatic heterocycles. The Labute approximate surface area is 184 Å². The Kier molecular flexibility index (Phi) is 9.90. The van der Waals surface area contributed by atoms with E-state index in [0.717, 1.165) is 25.3 Å². The summed E-state index contributed by atoms with van der Waals surface area (Å²) in [5.74, 6) is 4.17. The first-order valence-corrected chi connectivity index (χ1v) is 11.1. The molecule has 31 heavy (non-hydrogen) atoms. The standard InChI is InChI=1S/C26H32O5/c1-2-3-4-5-6-7-8-9-10-12-15-26(16-13-11-14-17-26)31-23-19-21(24(27)28)18-22(20-23)25(29)30/h11,13-14,16,18-20H,2-10,17H2,1H3,(H,27,28)(H,29,30). The summed E-state index contributed by atoms with van der Waals surface area (Å²) < 4.78 is 6.07. The molecule has 0 radical (unpaired) electrons. The summed E-state index contributed by atoms with van der Waals surface area (Å²) in [5, 5.41) is 18.6. The van der Waals surface area contributed by atoms with E-state index in [9.17, 15) is 19.8 Å². The summed E-state index contributed by atoms with van der Waals surface area (Å²) >= 11 is 0. The topological polar surface area (TPSA) is 83.8 Å². The zero-order valence-electron chi connectivity index (χ0n) is 18.2. The van der Waals surface area contributed by atoms with Crippen LogP contribution in [0.1, 0.15) is 91.8 Å². The maximum atomic E-state index is 11.4. The molecule has 166 valence electrons. The third-order valence-corrected chi connectivity index (χ3v) is 5.19. The van der Waals surface area contributed by atoms with Gasteiger partial charge in [0.1, 0.15) is 5.75 Å². The van der Waals surface area contributed by atoms with Gasteiger partial charge in [-0.1, -0.05) is 81.9 Å². The summed E-state index contributed by atoms with van der Waals surface area (Å²) in [4.78, 5) is 22.7. The molecule has 0 fully saturated rings. The fraction of sp³-hybridized carbons (Fsp3) is 0.462. The second-order valence-corrected chi connectivity index (χ2v) is 7.87. The molecule has 5 heteroatoms. The van der Waals surface area contributed by atoms with Gasteiger partial charge in [-0.2, -0.15) is 0 Å². The van der Waals surface area contributed by atoms with Gasteiger partial charge in [-0.25, -0.2) is 9.59 Å². The van der Waals surface area contributed by atoms with Crippen molar-refractivity contribution in [1.29, 1.82) is 0 Å². The summed E-state index contributed by atoms with van der Waals surface area (Å²) in [7, 11) is 0. The first-order valence-electron chi connectivity index (χ1n) is 11.1. The lowest BCUT2D eigenvalue weighted by atomic mass is 9.95. The molecule has 0 amide bonds. The van der Waals surface area contributed by atoms with Gasteiger partial charge in [-0.05, 0) is 30.7 Å². The van der Waals surface area contributed by atoms with E-state index in [4.69, 9.17) is 4.74 Å². The Balaban J connectivity index is 2.00. The lowest BCUT2D eigenvalue weighted by Crippen LogP contribution is -2.32. The van der Waals surface area contributed by atoms with Crippen molar-refractivity contribution in [3.05, 3.63) is 53.6 Å². The highest BCUT2D eigenvalue weighted by molar-refractivity contribution is 5.94. The molecule has 0 bridgehead atoms. The van der Waals surface area contributed by atoms with Crippen LogP contribution in [0.5, 0.6) is 5.75 Å². The lowest BCUT2D eigenvalue weighted by Gasteiger charge is -2.27. The molecule has 0 spiro atoms. The van der Waals surface area contributed by atoms with E-state index in [1.807, 2.05) is 24.3 Å². The summed E-state index contributed by atoms with van der Waals surface area (Å²) in [6.45, 7) is 2.22. The van der Waals surface area contributed by atoms with Crippen molar-refractivity contribution in [3.8, 4) is 17.6 Å². The van der Waals surface area contributed by atoms with Crippen molar-refractivity contribution in [2.45, 2.75) is 76.7 Å². The van der Waals surface area contributed by atoms with Crippen LogP contribution in [0.2, 0.25) is 0 Å². The highest BCUT2D eigenvalue weighted by Gasteiger charge is 2.28. The van der Waals surface area contributed by atoms with Gasteiger partial charge in [-0.15, -0.1) is 0 Å². The van der Waals surface area contributed by atoms with Crippen LogP contribution in [0.25, 0.3) is 0 Å². The minimum Gasteiger partial charge on any atom is -0.478 e. The molecular formula is C26H32O5. The van der Waals surface area contributed by atoms with Crippen molar-refractivity contribution in [2.75, 3.05) is 0 Å². The number of carboxylic acid groups (broad SMARTS) is 2. The van der Waals surface area contributed by atoms with Crippen LogP contribution < -0.4 is 4.74 Å².